The van der Waals surface area contributed by atoms with Crippen molar-refractivity contribution in [2.24, 2.45) is 0 Å². The number of hydrogen-bond acceptors (Lipinski definition) is 4. The van der Waals surface area contributed by atoms with E-state index in [1.165, 1.54) is 6.20 Å². The zero-order chi connectivity index (χ0) is 17.8. The van der Waals surface area contributed by atoms with Crippen LogP contribution in [0.25, 0.3) is 11.3 Å². The van der Waals surface area contributed by atoms with Crippen LogP contribution in [0.15, 0.2) is 18.3 Å². The van der Waals surface area contributed by atoms with Crippen LogP contribution in [0.2, 0.25) is 0 Å². The molecule has 1 N–H and O–H groups in total. The predicted octanol–water partition coefficient (Wildman–Crippen LogP) is 3.46. The van der Waals surface area contributed by atoms with Crippen molar-refractivity contribution >= 4 is 11.4 Å². The fourth-order valence-corrected chi connectivity index (χ4v) is 3.95. The van der Waals surface area contributed by atoms with Crippen molar-refractivity contribution in [1.82, 2.24) is 19.5 Å². The van der Waals surface area contributed by atoms with Gasteiger partial charge >= 0.3 is 0 Å². The number of aromatic nitrogens is 3. The standard InChI is InChI=1S/C18H23FN4OS/c1-18(2,3)25(24)22-14-6-7-23-17(14)9-16(21-23)12-8-15(11-4-5-11)20-10-13(12)19/h8-11,14,22H,4-7H2,1-3H3/t14-,25+/m0/s1. The van der Waals surface area contributed by atoms with Crippen LogP contribution >= 0.6 is 0 Å². The van der Waals surface area contributed by atoms with Gasteiger partial charge in [0.1, 0.15) is 4.75 Å². The first-order chi connectivity index (χ1) is 11.8. The van der Waals surface area contributed by atoms with Gasteiger partial charge < -0.3 is 4.55 Å². The number of nitrogens with zero attached hydrogens (tertiary/aromatic N) is 3. The van der Waals surface area contributed by atoms with Crippen LogP contribution in [0.5, 0.6) is 0 Å². The number of halogens is 1. The SMILES string of the molecule is CC(C)(C)[S@@+]([O-])N[C@H]1CCn2nc(-c3cc(C4CC4)ncc3F)cc21. The summed E-state index contributed by atoms with van der Waals surface area (Å²) in [6.45, 7) is 6.58. The van der Waals surface area contributed by atoms with Gasteiger partial charge in [-0.15, -0.1) is 4.72 Å². The molecule has 2 aromatic rings. The van der Waals surface area contributed by atoms with Crippen molar-refractivity contribution in [3.63, 3.8) is 0 Å². The summed E-state index contributed by atoms with van der Waals surface area (Å²) >= 11 is -1.15. The average molecular weight is 362 g/mol. The first-order valence-electron chi connectivity index (χ1n) is 8.74. The van der Waals surface area contributed by atoms with Gasteiger partial charge in [-0.25, -0.2) is 4.39 Å². The van der Waals surface area contributed by atoms with E-state index in [-0.39, 0.29) is 16.6 Å². The van der Waals surface area contributed by atoms with Gasteiger partial charge in [0.05, 0.1) is 23.6 Å². The lowest BCUT2D eigenvalue weighted by atomic mass is 10.1. The molecule has 0 saturated heterocycles. The Labute approximate surface area is 150 Å². The molecule has 0 amide bonds. The zero-order valence-corrected chi connectivity index (χ0v) is 15.6. The molecule has 2 atom stereocenters. The van der Waals surface area contributed by atoms with Gasteiger partial charge in [-0.3, -0.25) is 9.67 Å². The summed E-state index contributed by atoms with van der Waals surface area (Å²) in [4.78, 5) is 4.21. The Hall–Kier alpha value is -1.44. The molecular formula is C18H23FN4OS. The molecule has 0 radical (unpaired) electrons. The summed E-state index contributed by atoms with van der Waals surface area (Å²) in [7, 11) is 0. The van der Waals surface area contributed by atoms with Crippen molar-refractivity contribution < 1.29 is 8.94 Å². The lowest BCUT2D eigenvalue weighted by Gasteiger charge is -2.26. The number of hydrogen-bond donors (Lipinski definition) is 1. The number of nitrogens with one attached hydrogen (secondary N) is 1. The van der Waals surface area contributed by atoms with Crippen LogP contribution in [-0.2, 0) is 17.9 Å². The van der Waals surface area contributed by atoms with E-state index in [1.54, 1.807) is 0 Å². The number of rotatable bonds is 4. The summed E-state index contributed by atoms with van der Waals surface area (Å²) in [5, 5.41) is 4.57. The van der Waals surface area contributed by atoms with Gasteiger partial charge in [0.25, 0.3) is 0 Å². The van der Waals surface area contributed by atoms with E-state index in [9.17, 15) is 8.94 Å². The van der Waals surface area contributed by atoms with E-state index < -0.39 is 11.4 Å². The lowest BCUT2D eigenvalue weighted by Crippen LogP contribution is -2.40. The first-order valence-corrected chi connectivity index (χ1v) is 9.89. The van der Waals surface area contributed by atoms with Gasteiger partial charge in [0.15, 0.2) is 5.82 Å². The molecule has 0 unspecified atom stereocenters. The maximum atomic E-state index is 14.3. The Balaban J connectivity index is 1.61. The van der Waals surface area contributed by atoms with Crippen molar-refractivity contribution in [3.05, 3.63) is 35.5 Å². The summed E-state index contributed by atoms with van der Waals surface area (Å²) in [5.41, 5.74) is 3.06. The third kappa shape index (κ3) is 3.32. The molecule has 3 heterocycles. The Morgan fingerprint density at radius 3 is 2.72 bits per heavy atom. The Bertz CT molecular complexity index is 797. The summed E-state index contributed by atoms with van der Waals surface area (Å²) in [6.07, 6.45) is 4.40. The zero-order valence-electron chi connectivity index (χ0n) is 14.8. The summed E-state index contributed by atoms with van der Waals surface area (Å²) in [6, 6.07) is 3.73. The molecular weight excluding hydrogens is 339 g/mol. The van der Waals surface area contributed by atoms with Gasteiger partial charge in [-0.05, 0) is 52.2 Å². The second-order valence-electron chi connectivity index (χ2n) is 7.88. The molecule has 2 aromatic heterocycles. The molecule has 1 saturated carbocycles. The molecule has 4 rings (SSSR count). The average Bonchev–Trinajstić information content (AvgIpc) is 3.20. The lowest BCUT2D eigenvalue weighted by molar-refractivity contribution is 0.521. The van der Waals surface area contributed by atoms with Gasteiger partial charge in [-0.1, -0.05) is 0 Å². The van der Waals surface area contributed by atoms with E-state index in [4.69, 9.17) is 0 Å². The van der Waals surface area contributed by atoms with Crippen LogP contribution in [0, 0.1) is 5.82 Å². The summed E-state index contributed by atoms with van der Waals surface area (Å²) < 4.78 is 31.4. The van der Waals surface area contributed by atoms with Crippen molar-refractivity contribution in [3.8, 4) is 11.3 Å². The largest absolute Gasteiger partial charge is 0.598 e. The first kappa shape index (κ1) is 17.0. The molecule has 25 heavy (non-hydrogen) atoms. The molecule has 0 aromatic carbocycles. The number of aryl methyl sites for hydroxylation is 1. The smallest absolute Gasteiger partial charge is 0.150 e. The van der Waals surface area contributed by atoms with E-state index in [2.05, 4.69) is 14.8 Å². The highest BCUT2D eigenvalue weighted by Crippen LogP contribution is 2.40. The molecule has 0 bridgehead atoms. The van der Waals surface area contributed by atoms with Crippen LogP contribution in [0.3, 0.4) is 0 Å². The minimum Gasteiger partial charge on any atom is -0.598 e. The van der Waals surface area contributed by atoms with E-state index in [0.29, 0.717) is 17.2 Å². The molecule has 2 aliphatic rings. The molecule has 1 fully saturated rings. The Morgan fingerprint density at radius 1 is 1.28 bits per heavy atom. The number of fused-ring (bicyclic) bond motifs is 1. The number of pyridine rings is 1. The maximum absolute atomic E-state index is 14.3. The normalized spacial score (nSPS) is 21.4. The third-order valence-corrected chi connectivity index (χ3v) is 6.36. The fourth-order valence-electron chi connectivity index (χ4n) is 3.10. The predicted molar refractivity (Wildman–Crippen MR) is 95.8 cm³/mol. The van der Waals surface area contributed by atoms with E-state index >= 15 is 0 Å². The van der Waals surface area contributed by atoms with E-state index in [0.717, 1.165) is 37.2 Å². The van der Waals surface area contributed by atoms with E-state index in [1.807, 2.05) is 37.6 Å². The van der Waals surface area contributed by atoms with Crippen LogP contribution in [0.4, 0.5) is 4.39 Å². The van der Waals surface area contributed by atoms with Crippen LogP contribution < -0.4 is 4.72 Å². The highest BCUT2D eigenvalue weighted by Gasteiger charge is 2.34. The second kappa shape index (κ2) is 6.07. The van der Waals surface area contributed by atoms with Gasteiger partial charge in [0.2, 0.25) is 0 Å². The fraction of sp³-hybridized carbons (Fsp3) is 0.556. The van der Waals surface area contributed by atoms with Crippen LogP contribution in [0.1, 0.15) is 63.4 Å². The highest BCUT2D eigenvalue weighted by molar-refractivity contribution is 7.90. The van der Waals surface area contributed by atoms with Crippen LogP contribution in [-0.4, -0.2) is 24.1 Å². The van der Waals surface area contributed by atoms with Gasteiger partial charge in [0, 0.05) is 35.1 Å². The molecule has 1 aliphatic carbocycles. The highest BCUT2D eigenvalue weighted by atomic mass is 32.2. The minimum absolute atomic E-state index is 0.0193. The molecule has 5 nitrogen and oxygen atoms in total. The second-order valence-corrected chi connectivity index (χ2v) is 9.88. The van der Waals surface area contributed by atoms with Crippen molar-refractivity contribution in [2.75, 3.05) is 0 Å². The summed E-state index contributed by atoms with van der Waals surface area (Å²) in [5.74, 6) is 0.126. The van der Waals surface area contributed by atoms with Crippen molar-refractivity contribution in [2.45, 2.75) is 63.3 Å². The minimum atomic E-state index is -1.15. The Morgan fingerprint density at radius 2 is 2.04 bits per heavy atom. The molecule has 7 heteroatoms. The Kier molecular flexibility index (Phi) is 4.13. The van der Waals surface area contributed by atoms with Crippen molar-refractivity contribution in [1.29, 1.82) is 0 Å². The molecule has 134 valence electrons. The molecule has 0 spiro atoms. The quantitative estimate of drug-likeness (QED) is 0.846. The van der Waals surface area contributed by atoms with Gasteiger partial charge in [-0.2, -0.15) is 5.10 Å². The monoisotopic (exact) mass is 362 g/mol. The third-order valence-electron chi connectivity index (χ3n) is 4.75. The molecule has 1 aliphatic heterocycles. The topological polar surface area (TPSA) is 65.8 Å². The maximum Gasteiger partial charge on any atom is 0.150 e.